The van der Waals surface area contributed by atoms with Crippen molar-refractivity contribution in [3.63, 3.8) is 0 Å². The van der Waals surface area contributed by atoms with Gasteiger partial charge in [-0.2, -0.15) is 0 Å². The maximum absolute atomic E-state index is 11.7. The Bertz CT molecular complexity index is 287. The third-order valence-corrected chi connectivity index (χ3v) is 2.69. The average molecular weight is 210 g/mol. The fourth-order valence-electron chi connectivity index (χ4n) is 1.92. The predicted molar refractivity (Wildman–Crippen MR) is 58.0 cm³/mol. The standard InChI is InChI=1S/C10H18N4O/c1-7(2)12-10(15)14-4-3-9-8(6-14)5-11-13-9/h3,7-8,11,13H,4-6H2,1-2H3,(H,12,15). The number of carbonyl (C=O) groups excluding carboxylic acids is 1. The van der Waals surface area contributed by atoms with E-state index >= 15 is 0 Å². The molecule has 1 atom stereocenters. The van der Waals surface area contributed by atoms with E-state index in [4.69, 9.17) is 0 Å². The van der Waals surface area contributed by atoms with Gasteiger partial charge in [0.1, 0.15) is 0 Å². The van der Waals surface area contributed by atoms with Gasteiger partial charge in [0.15, 0.2) is 0 Å². The summed E-state index contributed by atoms with van der Waals surface area (Å²) in [5, 5.41) is 2.91. The Balaban J connectivity index is 1.94. The zero-order valence-corrected chi connectivity index (χ0v) is 9.21. The van der Waals surface area contributed by atoms with Crippen molar-refractivity contribution in [1.29, 1.82) is 0 Å². The Labute approximate surface area is 89.9 Å². The molecule has 0 bridgehead atoms. The summed E-state index contributed by atoms with van der Waals surface area (Å²) in [5.41, 5.74) is 7.42. The number of fused-ring (bicyclic) bond motifs is 1. The van der Waals surface area contributed by atoms with Crippen LogP contribution in [-0.2, 0) is 0 Å². The lowest BCUT2D eigenvalue weighted by Crippen LogP contribution is -2.47. The summed E-state index contributed by atoms with van der Waals surface area (Å²) in [4.78, 5) is 13.6. The predicted octanol–water partition coefficient (Wildman–Crippen LogP) is 0.0279. The Morgan fingerprint density at radius 2 is 2.47 bits per heavy atom. The summed E-state index contributed by atoms with van der Waals surface area (Å²) in [6, 6.07) is 0.231. The molecule has 1 fully saturated rings. The highest BCUT2D eigenvalue weighted by Crippen LogP contribution is 2.18. The molecule has 0 aromatic heterocycles. The molecule has 15 heavy (non-hydrogen) atoms. The van der Waals surface area contributed by atoms with Crippen molar-refractivity contribution in [2.24, 2.45) is 5.92 Å². The van der Waals surface area contributed by atoms with Crippen molar-refractivity contribution in [2.75, 3.05) is 19.6 Å². The second kappa shape index (κ2) is 4.10. The lowest BCUT2D eigenvalue weighted by atomic mass is 10.0. The first-order valence-electron chi connectivity index (χ1n) is 5.41. The molecule has 0 saturated carbocycles. The number of urea groups is 1. The Morgan fingerprint density at radius 3 is 3.20 bits per heavy atom. The van der Waals surface area contributed by atoms with Crippen molar-refractivity contribution < 1.29 is 4.79 Å². The SMILES string of the molecule is CC(C)NC(=O)N1CC=C2NNCC2C1. The van der Waals surface area contributed by atoms with Crippen LogP contribution in [0, 0.1) is 5.92 Å². The van der Waals surface area contributed by atoms with Gasteiger partial charge in [-0.1, -0.05) is 0 Å². The molecule has 3 N–H and O–H groups in total. The number of hydrazine groups is 1. The molecular weight excluding hydrogens is 192 g/mol. The highest BCUT2D eigenvalue weighted by Gasteiger charge is 2.28. The molecule has 0 aromatic rings. The molecule has 1 saturated heterocycles. The van der Waals surface area contributed by atoms with Crippen molar-refractivity contribution in [3.05, 3.63) is 11.8 Å². The molecule has 0 spiro atoms. The van der Waals surface area contributed by atoms with Gasteiger partial charge in [-0.15, -0.1) is 0 Å². The summed E-state index contributed by atoms with van der Waals surface area (Å²) in [7, 11) is 0. The molecule has 2 amide bonds. The first kappa shape index (κ1) is 10.3. The minimum absolute atomic E-state index is 0.0344. The zero-order valence-electron chi connectivity index (χ0n) is 9.21. The molecule has 84 valence electrons. The Morgan fingerprint density at radius 1 is 1.67 bits per heavy atom. The van der Waals surface area contributed by atoms with E-state index in [1.807, 2.05) is 18.7 Å². The largest absolute Gasteiger partial charge is 0.336 e. The van der Waals surface area contributed by atoms with Crippen LogP contribution in [0.1, 0.15) is 13.8 Å². The topological polar surface area (TPSA) is 56.4 Å². The highest BCUT2D eigenvalue weighted by atomic mass is 16.2. The van der Waals surface area contributed by atoms with Crippen LogP contribution in [0.15, 0.2) is 11.8 Å². The Kier molecular flexibility index (Phi) is 2.81. The number of nitrogens with zero attached hydrogens (tertiary/aromatic N) is 1. The molecule has 0 aliphatic carbocycles. The van der Waals surface area contributed by atoms with Crippen molar-refractivity contribution in [2.45, 2.75) is 19.9 Å². The summed E-state index contributed by atoms with van der Waals surface area (Å²) >= 11 is 0. The van der Waals surface area contributed by atoms with Gasteiger partial charge in [0.2, 0.25) is 0 Å². The lowest BCUT2D eigenvalue weighted by Gasteiger charge is -2.29. The third kappa shape index (κ3) is 2.23. The quantitative estimate of drug-likeness (QED) is 0.572. The van der Waals surface area contributed by atoms with E-state index in [0.29, 0.717) is 12.5 Å². The molecule has 0 aromatic carbocycles. The molecule has 2 heterocycles. The normalized spacial score (nSPS) is 24.6. The van der Waals surface area contributed by atoms with Crippen LogP contribution >= 0.6 is 0 Å². The fourth-order valence-corrected chi connectivity index (χ4v) is 1.92. The molecule has 2 aliphatic rings. The highest BCUT2D eigenvalue weighted by molar-refractivity contribution is 5.74. The van der Waals surface area contributed by atoms with Crippen LogP contribution in [-0.4, -0.2) is 36.6 Å². The van der Waals surface area contributed by atoms with E-state index in [2.05, 4.69) is 22.2 Å². The van der Waals surface area contributed by atoms with Crippen molar-refractivity contribution in [3.8, 4) is 0 Å². The van der Waals surface area contributed by atoms with E-state index < -0.39 is 0 Å². The number of hydrogen-bond donors (Lipinski definition) is 3. The van der Waals surface area contributed by atoms with E-state index in [1.165, 1.54) is 5.70 Å². The molecule has 2 aliphatic heterocycles. The van der Waals surface area contributed by atoms with Crippen LogP contribution in [0.2, 0.25) is 0 Å². The second-order valence-electron chi connectivity index (χ2n) is 4.37. The lowest BCUT2D eigenvalue weighted by molar-refractivity contribution is 0.192. The Hall–Kier alpha value is -1.23. The smallest absolute Gasteiger partial charge is 0.317 e. The molecule has 5 heteroatoms. The van der Waals surface area contributed by atoms with Crippen LogP contribution in [0.3, 0.4) is 0 Å². The van der Waals surface area contributed by atoms with Crippen LogP contribution in [0.25, 0.3) is 0 Å². The number of rotatable bonds is 1. The number of nitrogens with one attached hydrogen (secondary N) is 3. The van der Waals surface area contributed by atoms with E-state index in [-0.39, 0.29) is 12.1 Å². The monoisotopic (exact) mass is 210 g/mol. The van der Waals surface area contributed by atoms with Crippen LogP contribution < -0.4 is 16.2 Å². The van der Waals surface area contributed by atoms with Gasteiger partial charge in [-0.25, -0.2) is 10.2 Å². The molecule has 0 radical (unpaired) electrons. The van der Waals surface area contributed by atoms with Crippen LogP contribution in [0.5, 0.6) is 0 Å². The third-order valence-electron chi connectivity index (χ3n) is 2.69. The van der Waals surface area contributed by atoms with Gasteiger partial charge in [-0.05, 0) is 19.9 Å². The minimum Gasteiger partial charge on any atom is -0.336 e. The van der Waals surface area contributed by atoms with Crippen molar-refractivity contribution in [1.82, 2.24) is 21.1 Å². The summed E-state index contributed by atoms with van der Waals surface area (Å²) in [5.74, 6) is 0.427. The summed E-state index contributed by atoms with van der Waals surface area (Å²) in [6.45, 7) is 6.34. The van der Waals surface area contributed by atoms with E-state index in [9.17, 15) is 4.79 Å². The molecule has 5 nitrogen and oxygen atoms in total. The van der Waals surface area contributed by atoms with Gasteiger partial charge in [0.05, 0.1) is 0 Å². The minimum atomic E-state index is 0.0344. The summed E-state index contributed by atoms with van der Waals surface area (Å²) < 4.78 is 0. The van der Waals surface area contributed by atoms with E-state index in [0.717, 1.165) is 13.1 Å². The van der Waals surface area contributed by atoms with Gasteiger partial charge in [0, 0.05) is 37.3 Å². The summed E-state index contributed by atoms with van der Waals surface area (Å²) in [6.07, 6.45) is 2.08. The molecule has 1 unspecified atom stereocenters. The first-order chi connectivity index (χ1) is 7.16. The van der Waals surface area contributed by atoms with Gasteiger partial charge in [-0.3, -0.25) is 0 Å². The van der Waals surface area contributed by atoms with Crippen molar-refractivity contribution >= 4 is 6.03 Å². The van der Waals surface area contributed by atoms with Gasteiger partial charge in [0.25, 0.3) is 0 Å². The zero-order chi connectivity index (χ0) is 10.8. The van der Waals surface area contributed by atoms with Gasteiger partial charge < -0.3 is 15.6 Å². The van der Waals surface area contributed by atoms with E-state index in [1.54, 1.807) is 0 Å². The van der Waals surface area contributed by atoms with Crippen LogP contribution in [0.4, 0.5) is 4.79 Å². The number of carbonyl (C=O) groups is 1. The first-order valence-corrected chi connectivity index (χ1v) is 5.41. The maximum atomic E-state index is 11.7. The second-order valence-corrected chi connectivity index (χ2v) is 4.37. The maximum Gasteiger partial charge on any atom is 0.317 e. The average Bonchev–Trinajstić information content (AvgIpc) is 2.62. The fraction of sp³-hybridized carbons (Fsp3) is 0.700. The molecular formula is C10H18N4O. The van der Waals surface area contributed by atoms with Gasteiger partial charge >= 0.3 is 6.03 Å². The number of amides is 2. The number of hydrogen-bond acceptors (Lipinski definition) is 3. The molecule has 2 rings (SSSR count).